The lowest BCUT2D eigenvalue weighted by Gasteiger charge is -2.21. The summed E-state index contributed by atoms with van der Waals surface area (Å²) in [4.78, 5) is 12.5. The van der Waals surface area contributed by atoms with Gasteiger partial charge in [-0.15, -0.1) is 12.4 Å². The highest BCUT2D eigenvalue weighted by atomic mass is 35.5. The molecule has 1 aromatic rings. The highest BCUT2D eigenvalue weighted by Crippen LogP contribution is 2.34. The monoisotopic (exact) mass is 324 g/mol. The first kappa shape index (κ1) is 19.0. The first-order chi connectivity index (χ1) is 9.90. The molecule has 1 aliphatic rings. The van der Waals surface area contributed by atoms with Crippen molar-refractivity contribution in [2.24, 2.45) is 11.7 Å². The lowest BCUT2D eigenvalue weighted by atomic mass is 9.92. The number of carbonyl (C=O) groups excluding carboxylic acids is 1. The molecule has 124 valence electrons. The molecule has 0 radical (unpaired) electrons. The van der Waals surface area contributed by atoms with E-state index in [0.717, 1.165) is 24.9 Å². The summed E-state index contributed by atoms with van der Waals surface area (Å²) in [5.74, 6) is 0.993. The van der Waals surface area contributed by atoms with Gasteiger partial charge < -0.3 is 11.1 Å². The molecule has 0 heterocycles. The Balaban J connectivity index is 0.00000242. The van der Waals surface area contributed by atoms with E-state index in [2.05, 4.69) is 51.2 Å². The average Bonchev–Trinajstić information content (AvgIpc) is 2.85. The van der Waals surface area contributed by atoms with Crippen molar-refractivity contribution in [1.82, 2.24) is 0 Å². The standard InChI is InChI=1S/C18H28N2O.ClH/c1-11(2)15-6-5-7-16(12(3)4)17(15)20-18(21)13-8-9-14(19)10-13;/h5-7,11-14H,8-10,19H2,1-4H3,(H,20,21);1H. The Morgan fingerprint density at radius 1 is 1.14 bits per heavy atom. The van der Waals surface area contributed by atoms with Crippen LogP contribution in [-0.4, -0.2) is 11.9 Å². The maximum absolute atomic E-state index is 12.5. The van der Waals surface area contributed by atoms with Crippen molar-refractivity contribution in [3.63, 3.8) is 0 Å². The van der Waals surface area contributed by atoms with Gasteiger partial charge in [-0.05, 0) is 42.2 Å². The summed E-state index contributed by atoms with van der Waals surface area (Å²) >= 11 is 0. The van der Waals surface area contributed by atoms with Gasteiger partial charge in [0.15, 0.2) is 0 Å². The van der Waals surface area contributed by atoms with Crippen molar-refractivity contribution in [2.75, 3.05) is 5.32 Å². The molecule has 2 rings (SSSR count). The van der Waals surface area contributed by atoms with Crippen LogP contribution in [0.25, 0.3) is 0 Å². The van der Waals surface area contributed by atoms with Gasteiger partial charge in [0.25, 0.3) is 0 Å². The molecule has 4 heteroatoms. The van der Waals surface area contributed by atoms with Crippen molar-refractivity contribution in [3.8, 4) is 0 Å². The Labute approximate surface area is 140 Å². The number of carbonyl (C=O) groups is 1. The average molecular weight is 325 g/mol. The minimum atomic E-state index is 0. The van der Waals surface area contributed by atoms with E-state index >= 15 is 0 Å². The Morgan fingerprint density at radius 3 is 2.09 bits per heavy atom. The van der Waals surface area contributed by atoms with Gasteiger partial charge in [-0.2, -0.15) is 0 Å². The predicted octanol–water partition coefficient (Wildman–Crippen LogP) is 4.42. The molecule has 1 fully saturated rings. The van der Waals surface area contributed by atoms with E-state index < -0.39 is 0 Å². The molecular weight excluding hydrogens is 296 g/mol. The van der Waals surface area contributed by atoms with Crippen LogP contribution in [-0.2, 0) is 4.79 Å². The van der Waals surface area contributed by atoms with Gasteiger partial charge in [-0.1, -0.05) is 45.9 Å². The van der Waals surface area contributed by atoms with Crippen LogP contribution in [0.4, 0.5) is 5.69 Å². The second kappa shape index (κ2) is 7.98. The number of halogens is 1. The van der Waals surface area contributed by atoms with Gasteiger partial charge in [-0.3, -0.25) is 4.79 Å². The van der Waals surface area contributed by atoms with Crippen LogP contribution in [0.1, 0.15) is 69.9 Å². The molecule has 1 aliphatic carbocycles. The fourth-order valence-corrected chi connectivity index (χ4v) is 3.18. The van der Waals surface area contributed by atoms with Crippen molar-refractivity contribution in [2.45, 2.75) is 64.8 Å². The van der Waals surface area contributed by atoms with Crippen LogP contribution in [0.3, 0.4) is 0 Å². The number of anilines is 1. The smallest absolute Gasteiger partial charge is 0.227 e. The van der Waals surface area contributed by atoms with E-state index in [4.69, 9.17) is 5.73 Å². The number of hydrogen-bond donors (Lipinski definition) is 2. The van der Waals surface area contributed by atoms with Crippen LogP contribution in [0.15, 0.2) is 18.2 Å². The minimum absolute atomic E-state index is 0. The topological polar surface area (TPSA) is 55.1 Å². The largest absolute Gasteiger partial charge is 0.328 e. The Morgan fingerprint density at radius 2 is 1.68 bits per heavy atom. The lowest BCUT2D eigenvalue weighted by Crippen LogP contribution is -2.24. The molecule has 1 amide bonds. The van der Waals surface area contributed by atoms with E-state index in [-0.39, 0.29) is 30.3 Å². The molecule has 2 atom stereocenters. The molecule has 0 saturated heterocycles. The van der Waals surface area contributed by atoms with Crippen LogP contribution >= 0.6 is 12.4 Å². The summed E-state index contributed by atoms with van der Waals surface area (Å²) in [5, 5.41) is 3.21. The molecule has 0 bridgehead atoms. The van der Waals surface area contributed by atoms with E-state index in [1.807, 2.05) is 0 Å². The van der Waals surface area contributed by atoms with Crippen molar-refractivity contribution >= 4 is 24.0 Å². The molecule has 1 aromatic carbocycles. The summed E-state index contributed by atoms with van der Waals surface area (Å²) in [6.07, 6.45) is 2.68. The molecule has 3 nitrogen and oxygen atoms in total. The van der Waals surface area contributed by atoms with Gasteiger partial charge in [0.1, 0.15) is 0 Å². The van der Waals surface area contributed by atoms with E-state index in [1.54, 1.807) is 0 Å². The number of amides is 1. The predicted molar refractivity (Wildman–Crippen MR) is 95.8 cm³/mol. The number of nitrogens with one attached hydrogen (secondary N) is 1. The fourth-order valence-electron chi connectivity index (χ4n) is 3.18. The third-order valence-corrected chi connectivity index (χ3v) is 4.47. The van der Waals surface area contributed by atoms with Crippen molar-refractivity contribution in [3.05, 3.63) is 29.3 Å². The molecule has 2 unspecified atom stereocenters. The Bertz CT molecular complexity index is 488. The van der Waals surface area contributed by atoms with Gasteiger partial charge in [0.05, 0.1) is 0 Å². The van der Waals surface area contributed by atoms with Crippen LogP contribution in [0, 0.1) is 5.92 Å². The Kier molecular flexibility index (Phi) is 6.89. The number of rotatable bonds is 4. The molecule has 3 N–H and O–H groups in total. The summed E-state index contributed by atoms with van der Waals surface area (Å²) in [5.41, 5.74) is 9.39. The van der Waals surface area contributed by atoms with Crippen LogP contribution < -0.4 is 11.1 Å². The molecule has 22 heavy (non-hydrogen) atoms. The summed E-state index contributed by atoms with van der Waals surface area (Å²) in [6.45, 7) is 8.67. The van der Waals surface area contributed by atoms with Gasteiger partial charge >= 0.3 is 0 Å². The third-order valence-electron chi connectivity index (χ3n) is 4.47. The maximum Gasteiger partial charge on any atom is 0.227 e. The second-order valence-corrected chi connectivity index (χ2v) is 6.88. The quantitative estimate of drug-likeness (QED) is 0.861. The second-order valence-electron chi connectivity index (χ2n) is 6.88. The molecule has 1 saturated carbocycles. The molecule has 0 spiro atoms. The van der Waals surface area contributed by atoms with E-state index in [9.17, 15) is 4.79 Å². The Hall–Kier alpha value is -1.06. The van der Waals surface area contributed by atoms with Crippen LogP contribution in [0.2, 0.25) is 0 Å². The van der Waals surface area contributed by atoms with E-state index in [0.29, 0.717) is 11.8 Å². The van der Waals surface area contributed by atoms with E-state index in [1.165, 1.54) is 11.1 Å². The zero-order valence-corrected chi connectivity index (χ0v) is 14.9. The first-order valence-corrected chi connectivity index (χ1v) is 8.09. The lowest BCUT2D eigenvalue weighted by molar-refractivity contribution is -0.119. The third kappa shape index (κ3) is 4.23. The summed E-state index contributed by atoms with van der Waals surface area (Å²) in [6, 6.07) is 6.51. The van der Waals surface area contributed by atoms with Crippen LogP contribution in [0.5, 0.6) is 0 Å². The number of hydrogen-bond acceptors (Lipinski definition) is 2. The highest BCUT2D eigenvalue weighted by molar-refractivity contribution is 5.94. The zero-order valence-electron chi connectivity index (χ0n) is 14.1. The van der Waals surface area contributed by atoms with Crippen molar-refractivity contribution < 1.29 is 4.79 Å². The van der Waals surface area contributed by atoms with Gasteiger partial charge in [0.2, 0.25) is 5.91 Å². The minimum Gasteiger partial charge on any atom is -0.328 e. The molecule has 0 aromatic heterocycles. The van der Waals surface area contributed by atoms with Gasteiger partial charge in [-0.25, -0.2) is 0 Å². The van der Waals surface area contributed by atoms with Crippen molar-refractivity contribution in [1.29, 1.82) is 0 Å². The van der Waals surface area contributed by atoms with Gasteiger partial charge in [0, 0.05) is 17.6 Å². The first-order valence-electron chi connectivity index (χ1n) is 8.09. The fraction of sp³-hybridized carbons (Fsp3) is 0.611. The molecular formula is C18H29ClN2O. The summed E-state index contributed by atoms with van der Waals surface area (Å²) < 4.78 is 0. The highest BCUT2D eigenvalue weighted by Gasteiger charge is 2.28. The zero-order chi connectivity index (χ0) is 15.6. The SMILES string of the molecule is CC(C)c1cccc(C(C)C)c1NC(=O)C1CCC(N)C1.Cl. The normalized spacial score (nSPS) is 21.0. The number of nitrogens with two attached hydrogens (primary N) is 1. The maximum atomic E-state index is 12.5. The summed E-state index contributed by atoms with van der Waals surface area (Å²) in [7, 11) is 0. The molecule has 0 aliphatic heterocycles. The number of para-hydroxylation sites is 1. The number of benzene rings is 1.